The SMILES string of the molecule is CCCCc1ccc(-n2c(C)cc(/C=C3\C(=O)NC(=O)N(c4ccc(F)cc4)C3=O)c2C)cc1. The van der Waals surface area contributed by atoms with E-state index in [0.29, 0.717) is 5.56 Å². The first kappa shape index (κ1) is 23.2. The number of hydrogen-bond acceptors (Lipinski definition) is 3. The number of imide groups is 2. The molecule has 1 fully saturated rings. The average Bonchev–Trinajstić information content (AvgIpc) is 3.09. The fourth-order valence-electron chi connectivity index (χ4n) is 4.16. The Morgan fingerprint density at radius 2 is 1.59 bits per heavy atom. The van der Waals surface area contributed by atoms with Gasteiger partial charge in [0.05, 0.1) is 5.69 Å². The molecule has 0 atom stereocenters. The Bertz CT molecular complexity index is 1290. The Morgan fingerprint density at radius 1 is 0.941 bits per heavy atom. The van der Waals surface area contributed by atoms with E-state index in [4.69, 9.17) is 0 Å². The van der Waals surface area contributed by atoms with Crippen LogP contribution in [0.1, 0.15) is 42.3 Å². The van der Waals surface area contributed by atoms with Crippen LogP contribution in [-0.4, -0.2) is 22.4 Å². The summed E-state index contributed by atoms with van der Waals surface area (Å²) in [4.78, 5) is 38.8. The van der Waals surface area contributed by atoms with Gasteiger partial charge in [-0.25, -0.2) is 14.1 Å². The molecule has 1 saturated heterocycles. The Kier molecular flexibility index (Phi) is 6.45. The molecule has 7 heteroatoms. The molecule has 0 unspecified atom stereocenters. The number of halogens is 1. The van der Waals surface area contributed by atoms with Crippen molar-refractivity contribution in [2.24, 2.45) is 0 Å². The largest absolute Gasteiger partial charge is 0.335 e. The van der Waals surface area contributed by atoms with Crippen LogP contribution in [0, 0.1) is 19.7 Å². The third kappa shape index (κ3) is 4.41. The first-order valence-electron chi connectivity index (χ1n) is 11.3. The van der Waals surface area contributed by atoms with Gasteiger partial charge in [0.2, 0.25) is 0 Å². The van der Waals surface area contributed by atoms with E-state index in [9.17, 15) is 18.8 Å². The van der Waals surface area contributed by atoms with Crippen LogP contribution >= 0.6 is 0 Å². The van der Waals surface area contributed by atoms with Gasteiger partial charge in [-0.2, -0.15) is 0 Å². The highest BCUT2D eigenvalue weighted by atomic mass is 19.1. The molecule has 1 aromatic heterocycles. The van der Waals surface area contributed by atoms with Gasteiger partial charge in [-0.1, -0.05) is 25.5 Å². The van der Waals surface area contributed by atoms with Crippen LogP contribution in [0.4, 0.5) is 14.9 Å². The van der Waals surface area contributed by atoms with E-state index >= 15 is 0 Å². The minimum atomic E-state index is -0.868. The van der Waals surface area contributed by atoms with Crippen LogP contribution in [0.25, 0.3) is 11.8 Å². The number of carbonyl (C=O) groups excluding carboxylic acids is 3. The molecular formula is C27H26FN3O3. The summed E-state index contributed by atoms with van der Waals surface area (Å²) in [7, 11) is 0. The summed E-state index contributed by atoms with van der Waals surface area (Å²) in [6.45, 7) is 6.04. The second kappa shape index (κ2) is 9.47. The van der Waals surface area contributed by atoms with Gasteiger partial charge in [0.15, 0.2) is 0 Å². The van der Waals surface area contributed by atoms with Gasteiger partial charge in [0.1, 0.15) is 11.4 Å². The summed E-state index contributed by atoms with van der Waals surface area (Å²) in [5.41, 5.74) is 4.78. The maximum absolute atomic E-state index is 13.3. The van der Waals surface area contributed by atoms with Crippen LogP contribution in [-0.2, 0) is 16.0 Å². The number of anilines is 1. The van der Waals surface area contributed by atoms with Crippen molar-refractivity contribution in [2.45, 2.75) is 40.0 Å². The molecule has 2 aromatic carbocycles. The molecule has 0 saturated carbocycles. The van der Waals surface area contributed by atoms with Gasteiger partial charge in [-0.15, -0.1) is 0 Å². The van der Waals surface area contributed by atoms with Gasteiger partial charge >= 0.3 is 6.03 Å². The van der Waals surface area contributed by atoms with Crippen molar-refractivity contribution in [3.8, 4) is 5.69 Å². The van der Waals surface area contributed by atoms with Gasteiger partial charge in [0, 0.05) is 17.1 Å². The van der Waals surface area contributed by atoms with Crippen molar-refractivity contribution in [2.75, 3.05) is 4.90 Å². The minimum absolute atomic E-state index is 0.168. The lowest BCUT2D eigenvalue weighted by Crippen LogP contribution is -2.54. The van der Waals surface area contributed by atoms with Crippen molar-refractivity contribution in [1.29, 1.82) is 0 Å². The molecule has 0 bridgehead atoms. The zero-order valence-electron chi connectivity index (χ0n) is 19.4. The molecule has 1 aliphatic heterocycles. The Labute approximate surface area is 197 Å². The fraction of sp³-hybridized carbons (Fsp3) is 0.222. The van der Waals surface area contributed by atoms with E-state index in [0.717, 1.165) is 53.4 Å². The predicted molar refractivity (Wildman–Crippen MR) is 129 cm³/mol. The molecule has 6 nitrogen and oxygen atoms in total. The highest BCUT2D eigenvalue weighted by Gasteiger charge is 2.37. The first-order valence-corrected chi connectivity index (χ1v) is 11.3. The molecule has 1 N–H and O–H groups in total. The van der Waals surface area contributed by atoms with E-state index in [1.54, 1.807) is 0 Å². The maximum Gasteiger partial charge on any atom is 0.335 e. The smallest absolute Gasteiger partial charge is 0.318 e. The summed E-state index contributed by atoms with van der Waals surface area (Å²) in [6, 6.07) is 14.3. The summed E-state index contributed by atoms with van der Waals surface area (Å²) in [5.74, 6) is -2.02. The van der Waals surface area contributed by atoms with Gasteiger partial charge in [-0.3, -0.25) is 14.9 Å². The average molecular weight is 460 g/mol. The maximum atomic E-state index is 13.3. The number of aromatic nitrogens is 1. The molecule has 0 spiro atoms. The third-order valence-electron chi connectivity index (χ3n) is 5.97. The Hall–Kier alpha value is -4.00. The number of aryl methyl sites for hydroxylation is 2. The number of hydrogen-bond donors (Lipinski definition) is 1. The molecule has 4 amide bonds. The number of amides is 4. The number of unbranched alkanes of at least 4 members (excludes halogenated alkanes) is 1. The van der Waals surface area contributed by atoms with Crippen LogP contribution < -0.4 is 10.2 Å². The molecule has 1 aliphatic rings. The van der Waals surface area contributed by atoms with Crippen LogP contribution in [0.5, 0.6) is 0 Å². The van der Waals surface area contributed by atoms with Crippen molar-refractivity contribution in [1.82, 2.24) is 9.88 Å². The van der Waals surface area contributed by atoms with E-state index in [1.165, 1.54) is 23.8 Å². The summed E-state index contributed by atoms with van der Waals surface area (Å²) < 4.78 is 15.4. The predicted octanol–water partition coefficient (Wildman–Crippen LogP) is 5.24. The van der Waals surface area contributed by atoms with Crippen LogP contribution in [0.15, 0.2) is 60.2 Å². The van der Waals surface area contributed by atoms with E-state index in [-0.39, 0.29) is 11.3 Å². The second-order valence-electron chi connectivity index (χ2n) is 8.37. The number of urea groups is 1. The standard InChI is InChI=1S/C27H26FN3O3/c1-4-5-6-19-7-11-22(12-8-19)30-17(2)15-20(18(30)3)16-24-25(32)29-27(34)31(26(24)33)23-13-9-21(28)10-14-23/h7-16H,4-6H2,1-3H3,(H,29,32,34)/b24-16+. The van der Waals surface area contributed by atoms with Gasteiger partial charge in [0.25, 0.3) is 11.8 Å². The van der Waals surface area contributed by atoms with Gasteiger partial charge in [-0.05, 0) is 86.4 Å². The molecular weight excluding hydrogens is 433 g/mol. The lowest BCUT2D eigenvalue weighted by atomic mass is 10.1. The zero-order chi connectivity index (χ0) is 24.4. The number of nitrogens with zero attached hydrogens (tertiary/aromatic N) is 2. The number of benzene rings is 2. The quantitative estimate of drug-likeness (QED) is 0.405. The lowest BCUT2D eigenvalue weighted by Gasteiger charge is -2.26. The topological polar surface area (TPSA) is 71.4 Å². The van der Waals surface area contributed by atoms with Crippen LogP contribution in [0.2, 0.25) is 0 Å². The van der Waals surface area contributed by atoms with Crippen molar-refractivity contribution >= 4 is 29.6 Å². The fourth-order valence-corrected chi connectivity index (χ4v) is 4.16. The Morgan fingerprint density at radius 3 is 2.24 bits per heavy atom. The number of rotatable bonds is 6. The zero-order valence-corrected chi connectivity index (χ0v) is 19.4. The molecule has 174 valence electrons. The molecule has 0 aliphatic carbocycles. The first-order chi connectivity index (χ1) is 16.3. The Balaban J connectivity index is 1.68. The monoisotopic (exact) mass is 459 g/mol. The van der Waals surface area contributed by atoms with E-state index in [2.05, 4.69) is 41.1 Å². The van der Waals surface area contributed by atoms with Crippen LogP contribution in [0.3, 0.4) is 0 Å². The summed E-state index contributed by atoms with van der Waals surface area (Å²) >= 11 is 0. The highest BCUT2D eigenvalue weighted by molar-refractivity contribution is 6.39. The highest BCUT2D eigenvalue weighted by Crippen LogP contribution is 2.26. The van der Waals surface area contributed by atoms with E-state index < -0.39 is 23.7 Å². The summed E-state index contributed by atoms with van der Waals surface area (Å²) in [5, 5.41) is 2.20. The van der Waals surface area contributed by atoms with Gasteiger partial charge < -0.3 is 4.57 Å². The van der Waals surface area contributed by atoms with Crippen molar-refractivity contribution in [3.63, 3.8) is 0 Å². The minimum Gasteiger partial charge on any atom is -0.318 e. The number of barbiturate groups is 1. The molecule has 34 heavy (non-hydrogen) atoms. The summed E-state index contributed by atoms with van der Waals surface area (Å²) in [6.07, 6.45) is 4.83. The number of carbonyl (C=O) groups is 3. The van der Waals surface area contributed by atoms with Crippen molar-refractivity contribution < 1.29 is 18.8 Å². The molecule has 3 aromatic rings. The van der Waals surface area contributed by atoms with E-state index in [1.807, 2.05) is 19.9 Å². The second-order valence-corrected chi connectivity index (χ2v) is 8.37. The molecule has 0 radical (unpaired) electrons. The molecule has 2 heterocycles. The molecule has 4 rings (SSSR count). The third-order valence-corrected chi connectivity index (χ3v) is 5.97. The normalized spacial score (nSPS) is 15.2. The lowest BCUT2D eigenvalue weighted by molar-refractivity contribution is -0.122. The van der Waals surface area contributed by atoms with Crippen molar-refractivity contribution in [3.05, 3.63) is 88.5 Å². The number of nitrogens with one attached hydrogen (secondary N) is 1.